The maximum atomic E-state index is 13.8. The smallest absolute Gasteiger partial charge is 0.277 e. The fourth-order valence-electron chi connectivity index (χ4n) is 2.39. The number of methoxy groups -OCH3 is 1. The molecule has 27 heavy (non-hydrogen) atoms. The van der Waals surface area contributed by atoms with Gasteiger partial charge in [0.15, 0.2) is 0 Å². The summed E-state index contributed by atoms with van der Waals surface area (Å²) in [7, 11) is 1.64. The van der Waals surface area contributed by atoms with Crippen molar-refractivity contribution in [3.8, 4) is 27.8 Å². The molecule has 0 bridgehead atoms. The predicted molar refractivity (Wildman–Crippen MR) is 103 cm³/mol. The molecule has 2 aromatic carbocycles. The van der Waals surface area contributed by atoms with Gasteiger partial charge >= 0.3 is 0 Å². The number of thioether (sulfide) groups is 1. The molecule has 0 fully saturated rings. The van der Waals surface area contributed by atoms with E-state index in [0.717, 1.165) is 22.0 Å². The summed E-state index contributed by atoms with van der Waals surface area (Å²) in [6, 6.07) is 14.1. The van der Waals surface area contributed by atoms with Crippen LogP contribution in [0.25, 0.3) is 22.0 Å². The zero-order valence-electron chi connectivity index (χ0n) is 14.3. The van der Waals surface area contributed by atoms with Crippen molar-refractivity contribution in [2.75, 3.05) is 7.11 Å². The van der Waals surface area contributed by atoms with Gasteiger partial charge < -0.3 is 9.15 Å². The number of benzene rings is 2. The highest BCUT2D eigenvalue weighted by atomic mass is 32.2. The summed E-state index contributed by atoms with van der Waals surface area (Å²) >= 11 is 2.94. The van der Waals surface area contributed by atoms with E-state index in [9.17, 15) is 4.39 Å². The molecule has 0 amide bonds. The van der Waals surface area contributed by atoms with Gasteiger partial charge in [0, 0.05) is 16.7 Å². The monoisotopic (exact) mass is 399 g/mol. The van der Waals surface area contributed by atoms with E-state index in [-0.39, 0.29) is 11.7 Å². The molecular formula is C19H14FN3O2S2. The van der Waals surface area contributed by atoms with Gasteiger partial charge in [-0.05, 0) is 36.4 Å². The summed E-state index contributed by atoms with van der Waals surface area (Å²) in [6.07, 6.45) is 0. The third-order valence-corrected chi connectivity index (χ3v) is 5.54. The maximum Gasteiger partial charge on any atom is 0.277 e. The zero-order chi connectivity index (χ0) is 18.6. The summed E-state index contributed by atoms with van der Waals surface area (Å²) in [4.78, 5) is 4.64. The molecule has 136 valence electrons. The Bertz CT molecular complexity index is 1050. The van der Waals surface area contributed by atoms with E-state index < -0.39 is 0 Å². The van der Waals surface area contributed by atoms with Gasteiger partial charge in [-0.1, -0.05) is 23.9 Å². The van der Waals surface area contributed by atoms with Gasteiger partial charge in [0.2, 0.25) is 0 Å². The molecule has 8 heteroatoms. The Morgan fingerprint density at radius 3 is 2.70 bits per heavy atom. The van der Waals surface area contributed by atoms with Gasteiger partial charge in [-0.15, -0.1) is 21.5 Å². The van der Waals surface area contributed by atoms with Gasteiger partial charge in [0.25, 0.3) is 11.1 Å². The van der Waals surface area contributed by atoms with Crippen LogP contribution in [0.5, 0.6) is 5.75 Å². The summed E-state index contributed by atoms with van der Waals surface area (Å²) in [5.74, 6) is 1.19. The molecule has 0 saturated heterocycles. The molecular weight excluding hydrogens is 385 g/mol. The largest absolute Gasteiger partial charge is 0.497 e. The van der Waals surface area contributed by atoms with Crippen LogP contribution in [-0.2, 0) is 5.75 Å². The van der Waals surface area contributed by atoms with Crippen LogP contribution in [0.4, 0.5) is 4.39 Å². The number of nitrogens with zero attached hydrogens (tertiary/aromatic N) is 3. The van der Waals surface area contributed by atoms with Gasteiger partial charge in [-0.2, -0.15) is 0 Å². The molecule has 0 radical (unpaired) electrons. The van der Waals surface area contributed by atoms with Crippen LogP contribution in [0.2, 0.25) is 0 Å². The van der Waals surface area contributed by atoms with Crippen LogP contribution >= 0.6 is 23.1 Å². The van der Waals surface area contributed by atoms with Crippen molar-refractivity contribution in [3.05, 3.63) is 65.4 Å². The van der Waals surface area contributed by atoms with E-state index in [1.54, 1.807) is 36.6 Å². The molecule has 0 spiro atoms. The number of aromatic nitrogens is 3. The lowest BCUT2D eigenvalue weighted by Gasteiger charge is -2.00. The number of thiazole rings is 1. The van der Waals surface area contributed by atoms with E-state index >= 15 is 0 Å². The molecule has 0 saturated carbocycles. The Morgan fingerprint density at radius 2 is 1.93 bits per heavy atom. The highest BCUT2D eigenvalue weighted by Crippen LogP contribution is 2.30. The van der Waals surface area contributed by atoms with Gasteiger partial charge in [-0.3, -0.25) is 0 Å². The highest BCUT2D eigenvalue weighted by molar-refractivity contribution is 7.98. The van der Waals surface area contributed by atoms with Crippen LogP contribution in [0, 0.1) is 5.82 Å². The molecule has 2 aromatic heterocycles. The topological polar surface area (TPSA) is 61.0 Å². The normalized spacial score (nSPS) is 10.9. The molecule has 0 aliphatic rings. The minimum Gasteiger partial charge on any atom is -0.497 e. The van der Waals surface area contributed by atoms with E-state index in [0.29, 0.717) is 16.5 Å². The number of halogens is 1. The lowest BCUT2D eigenvalue weighted by atomic mass is 10.2. The van der Waals surface area contributed by atoms with E-state index in [1.807, 2.05) is 29.6 Å². The molecule has 2 heterocycles. The first-order chi connectivity index (χ1) is 13.2. The molecule has 0 aliphatic carbocycles. The van der Waals surface area contributed by atoms with Crippen LogP contribution in [-0.4, -0.2) is 22.3 Å². The second-order valence-electron chi connectivity index (χ2n) is 5.51. The van der Waals surface area contributed by atoms with Gasteiger partial charge in [0.1, 0.15) is 16.6 Å². The van der Waals surface area contributed by atoms with Crippen molar-refractivity contribution < 1.29 is 13.5 Å². The van der Waals surface area contributed by atoms with Crippen LogP contribution in [0.3, 0.4) is 0 Å². The number of hydrogen-bond acceptors (Lipinski definition) is 7. The predicted octanol–water partition coefficient (Wildman–Crippen LogP) is 5.30. The Balaban J connectivity index is 1.42. The van der Waals surface area contributed by atoms with Crippen molar-refractivity contribution in [2.45, 2.75) is 11.0 Å². The highest BCUT2D eigenvalue weighted by Gasteiger charge is 2.13. The van der Waals surface area contributed by atoms with Crippen LogP contribution < -0.4 is 4.74 Å². The SMILES string of the molecule is COc1ccc(-c2nc(CSc3nnc(-c4ccccc4F)o3)cs2)cc1. The van der Waals surface area contributed by atoms with E-state index in [2.05, 4.69) is 15.2 Å². The minimum absolute atomic E-state index is 0.174. The van der Waals surface area contributed by atoms with E-state index in [4.69, 9.17) is 9.15 Å². The summed E-state index contributed by atoms with van der Waals surface area (Å²) < 4.78 is 24.5. The first-order valence-corrected chi connectivity index (χ1v) is 9.89. The second-order valence-corrected chi connectivity index (χ2v) is 7.30. The lowest BCUT2D eigenvalue weighted by molar-refractivity contribution is 0.415. The average molecular weight is 399 g/mol. The standard InChI is InChI=1S/C19H14FN3O2S2/c1-24-14-8-6-12(7-9-14)18-21-13(10-26-18)11-27-19-23-22-17(25-19)15-4-2-3-5-16(15)20/h2-10H,11H2,1H3. The lowest BCUT2D eigenvalue weighted by Crippen LogP contribution is -1.84. The average Bonchev–Trinajstić information content (AvgIpc) is 3.36. The van der Waals surface area contributed by atoms with Crippen molar-refractivity contribution >= 4 is 23.1 Å². The summed E-state index contributed by atoms with van der Waals surface area (Å²) in [5, 5.41) is 11.2. The summed E-state index contributed by atoms with van der Waals surface area (Å²) in [5.41, 5.74) is 2.26. The van der Waals surface area contributed by atoms with Gasteiger partial charge in [-0.25, -0.2) is 9.37 Å². The van der Waals surface area contributed by atoms with Crippen molar-refractivity contribution in [3.63, 3.8) is 0 Å². The third-order valence-electron chi connectivity index (χ3n) is 3.74. The molecule has 0 aliphatic heterocycles. The first-order valence-electron chi connectivity index (χ1n) is 8.03. The molecule has 5 nitrogen and oxygen atoms in total. The number of ether oxygens (including phenoxy) is 1. The van der Waals surface area contributed by atoms with Crippen molar-refractivity contribution in [1.29, 1.82) is 0 Å². The molecule has 4 aromatic rings. The zero-order valence-corrected chi connectivity index (χ0v) is 15.9. The van der Waals surface area contributed by atoms with Crippen molar-refractivity contribution in [1.82, 2.24) is 15.2 Å². The number of rotatable bonds is 6. The third kappa shape index (κ3) is 4.01. The number of hydrogen-bond donors (Lipinski definition) is 0. The maximum absolute atomic E-state index is 13.8. The Hall–Kier alpha value is -2.71. The second kappa shape index (κ2) is 7.89. The first kappa shape index (κ1) is 17.7. The van der Waals surface area contributed by atoms with E-state index in [1.165, 1.54) is 17.8 Å². The molecule has 0 unspecified atom stereocenters. The molecule has 4 rings (SSSR count). The quantitative estimate of drug-likeness (QED) is 0.410. The summed E-state index contributed by atoms with van der Waals surface area (Å²) in [6.45, 7) is 0. The van der Waals surface area contributed by atoms with Gasteiger partial charge in [0.05, 0.1) is 18.4 Å². The Labute approximate surface area is 163 Å². The Morgan fingerprint density at radius 1 is 1.11 bits per heavy atom. The fourth-order valence-corrected chi connectivity index (χ4v) is 3.97. The molecule has 0 N–H and O–H groups in total. The van der Waals surface area contributed by atoms with Crippen molar-refractivity contribution in [2.24, 2.45) is 0 Å². The fraction of sp³-hybridized carbons (Fsp3) is 0.105. The Kier molecular flexibility index (Phi) is 5.17. The van der Waals surface area contributed by atoms with Crippen LogP contribution in [0.15, 0.2) is 63.6 Å². The van der Waals surface area contributed by atoms with Crippen LogP contribution in [0.1, 0.15) is 5.69 Å². The molecule has 0 atom stereocenters. The minimum atomic E-state index is -0.388.